The van der Waals surface area contributed by atoms with E-state index in [2.05, 4.69) is 0 Å². The molecule has 3 rings (SSSR count). The van der Waals surface area contributed by atoms with Gasteiger partial charge in [0.25, 0.3) is 0 Å². The number of carboxylic acid groups (broad SMARTS) is 1. The third-order valence-electron chi connectivity index (χ3n) is 3.90. The minimum atomic E-state index is -0.992. The molecule has 1 N–H and O–H groups in total. The minimum Gasteiger partial charge on any atom is -0.489 e. The van der Waals surface area contributed by atoms with E-state index in [4.69, 9.17) is 33.0 Å². The zero-order valence-electron chi connectivity index (χ0n) is 14.2. The van der Waals surface area contributed by atoms with Crippen molar-refractivity contribution in [3.8, 4) is 16.9 Å². The van der Waals surface area contributed by atoms with Gasteiger partial charge in [0.2, 0.25) is 0 Å². The summed E-state index contributed by atoms with van der Waals surface area (Å²) < 4.78 is 5.89. The quantitative estimate of drug-likeness (QED) is 0.492. The Balaban J connectivity index is 1.88. The van der Waals surface area contributed by atoms with Crippen molar-refractivity contribution >= 4 is 35.2 Å². The fraction of sp³-hybridized carbons (Fsp3) is 0.0455. The van der Waals surface area contributed by atoms with Gasteiger partial charge < -0.3 is 9.84 Å². The number of aliphatic carboxylic acids is 1. The Morgan fingerprint density at radius 3 is 2.44 bits per heavy atom. The van der Waals surface area contributed by atoms with Crippen LogP contribution in [0, 0.1) is 0 Å². The third kappa shape index (κ3) is 5.13. The largest absolute Gasteiger partial charge is 0.489 e. The van der Waals surface area contributed by atoms with Gasteiger partial charge in [0.05, 0.1) is 10.0 Å². The van der Waals surface area contributed by atoms with Crippen molar-refractivity contribution in [1.82, 2.24) is 0 Å². The lowest BCUT2D eigenvalue weighted by atomic mass is 9.99. The first-order valence-corrected chi connectivity index (χ1v) is 8.96. The Morgan fingerprint density at radius 1 is 0.963 bits per heavy atom. The molecule has 0 aliphatic heterocycles. The predicted octanol–water partition coefficient (Wildman–Crippen LogP) is 6.34. The number of halogens is 2. The molecule has 3 aromatic rings. The fourth-order valence-corrected chi connectivity index (χ4v) is 2.92. The molecular weight excluding hydrogens is 383 g/mol. The zero-order valence-corrected chi connectivity index (χ0v) is 15.7. The lowest BCUT2D eigenvalue weighted by Gasteiger charge is -2.12. The van der Waals surface area contributed by atoms with Gasteiger partial charge in [-0.1, -0.05) is 65.7 Å². The molecule has 0 bridgehead atoms. The van der Waals surface area contributed by atoms with Crippen LogP contribution in [0.4, 0.5) is 0 Å². The topological polar surface area (TPSA) is 46.5 Å². The summed E-state index contributed by atoms with van der Waals surface area (Å²) in [6, 6.07) is 20.6. The highest BCUT2D eigenvalue weighted by atomic mass is 35.5. The van der Waals surface area contributed by atoms with Crippen molar-refractivity contribution in [2.45, 2.75) is 6.61 Å². The van der Waals surface area contributed by atoms with Crippen molar-refractivity contribution < 1.29 is 14.6 Å². The number of ether oxygens (including phenoxy) is 1. The molecular formula is C22H16Cl2O3. The van der Waals surface area contributed by atoms with E-state index >= 15 is 0 Å². The Kier molecular flexibility index (Phi) is 6.17. The molecule has 0 aliphatic rings. The van der Waals surface area contributed by atoms with E-state index in [1.165, 1.54) is 0 Å². The second-order valence-corrected chi connectivity index (χ2v) is 6.64. The highest BCUT2D eigenvalue weighted by Gasteiger charge is 2.07. The van der Waals surface area contributed by atoms with Gasteiger partial charge in [-0.25, -0.2) is 4.79 Å². The summed E-state index contributed by atoms with van der Waals surface area (Å²) in [7, 11) is 0. The fourth-order valence-electron chi connectivity index (χ4n) is 2.60. The van der Waals surface area contributed by atoms with Crippen LogP contribution in [0.3, 0.4) is 0 Å². The lowest BCUT2D eigenvalue weighted by Crippen LogP contribution is -1.96. The van der Waals surface area contributed by atoms with Crippen LogP contribution in [0.5, 0.6) is 5.75 Å². The molecule has 0 aromatic heterocycles. The molecule has 0 radical (unpaired) electrons. The summed E-state index contributed by atoms with van der Waals surface area (Å²) in [5, 5.41) is 9.90. The van der Waals surface area contributed by atoms with Gasteiger partial charge in [0, 0.05) is 6.08 Å². The van der Waals surface area contributed by atoms with Gasteiger partial charge in [0.15, 0.2) is 0 Å². The molecule has 0 saturated heterocycles. The highest BCUT2D eigenvalue weighted by Crippen LogP contribution is 2.30. The van der Waals surface area contributed by atoms with Crippen LogP contribution < -0.4 is 4.74 Å². The number of hydrogen-bond acceptors (Lipinski definition) is 2. The molecule has 0 amide bonds. The van der Waals surface area contributed by atoms with Gasteiger partial charge in [-0.05, 0) is 52.6 Å². The molecule has 136 valence electrons. The third-order valence-corrected chi connectivity index (χ3v) is 4.64. The van der Waals surface area contributed by atoms with E-state index in [0.717, 1.165) is 28.3 Å². The van der Waals surface area contributed by atoms with Gasteiger partial charge in [-0.3, -0.25) is 0 Å². The first kappa shape index (κ1) is 19.0. The Hall–Kier alpha value is -2.75. The molecule has 0 saturated carbocycles. The molecule has 0 aliphatic carbocycles. The molecule has 3 aromatic carbocycles. The summed E-state index contributed by atoms with van der Waals surface area (Å²) in [6.45, 7) is 0.343. The van der Waals surface area contributed by atoms with Crippen LogP contribution in [-0.2, 0) is 11.4 Å². The van der Waals surface area contributed by atoms with Crippen LogP contribution in [0.2, 0.25) is 10.0 Å². The van der Waals surface area contributed by atoms with Crippen LogP contribution in [-0.4, -0.2) is 11.1 Å². The summed E-state index contributed by atoms with van der Waals surface area (Å²) in [5.41, 5.74) is 3.56. The van der Waals surface area contributed by atoms with E-state index in [-0.39, 0.29) is 0 Å². The second kappa shape index (κ2) is 8.76. The smallest absolute Gasteiger partial charge is 0.328 e. The number of hydrogen-bond donors (Lipinski definition) is 1. The minimum absolute atomic E-state index is 0.343. The molecule has 3 nitrogen and oxygen atoms in total. The Bertz CT molecular complexity index is 982. The Morgan fingerprint density at radius 2 is 1.74 bits per heavy atom. The van der Waals surface area contributed by atoms with E-state index in [0.29, 0.717) is 22.4 Å². The first-order valence-electron chi connectivity index (χ1n) is 8.20. The average Bonchev–Trinajstić information content (AvgIpc) is 2.68. The van der Waals surface area contributed by atoms with E-state index in [1.54, 1.807) is 18.2 Å². The van der Waals surface area contributed by atoms with Gasteiger partial charge in [-0.2, -0.15) is 0 Å². The van der Waals surface area contributed by atoms with Crippen molar-refractivity contribution in [3.63, 3.8) is 0 Å². The van der Waals surface area contributed by atoms with Crippen molar-refractivity contribution in [2.24, 2.45) is 0 Å². The summed E-state index contributed by atoms with van der Waals surface area (Å²) in [6.07, 6.45) is 2.70. The monoisotopic (exact) mass is 398 g/mol. The predicted molar refractivity (Wildman–Crippen MR) is 109 cm³/mol. The van der Waals surface area contributed by atoms with E-state index in [9.17, 15) is 4.79 Å². The molecule has 5 heteroatoms. The number of benzene rings is 3. The maximum absolute atomic E-state index is 10.9. The van der Waals surface area contributed by atoms with Crippen LogP contribution in [0.1, 0.15) is 11.1 Å². The van der Waals surface area contributed by atoms with Crippen molar-refractivity contribution in [1.29, 1.82) is 0 Å². The van der Waals surface area contributed by atoms with Crippen molar-refractivity contribution in [2.75, 3.05) is 0 Å². The lowest BCUT2D eigenvalue weighted by molar-refractivity contribution is -0.131. The summed E-state index contributed by atoms with van der Waals surface area (Å²) in [5.74, 6) is -0.318. The average molecular weight is 399 g/mol. The maximum atomic E-state index is 10.9. The van der Waals surface area contributed by atoms with E-state index in [1.807, 2.05) is 54.6 Å². The van der Waals surface area contributed by atoms with Gasteiger partial charge in [0.1, 0.15) is 12.4 Å². The highest BCUT2D eigenvalue weighted by molar-refractivity contribution is 6.42. The SMILES string of the molecule is O=C(O)/C=C/c1ccc(OCc2ccc(Cl)c(Cl)c2)cc1-c1ccccc1. The van der Waals surface area contributed by atoms with Crippen LogP contribution in [0.15, 0.2) is 72.8 Å². The zero-order chi connectivity index (χ0) is 19.2. The molecule has 0 unspecified atom stereocenters. The standard InChI is InChI=1S/C22H16Cl2O3/c23-20-10-6-15(12-21(20)24)14-27-18-9-7-17(8-11-22(25)26)19(13-18)16-4-2-1-3-5-16/h1-13H,14H2,(H,25,26)/b11-8+. The molecule has 0 atom stereocenters. The number of rotatable bonds is 6. The van der Waals surface area contributed by atoms with E-state index < -0.39 is 5.97 Å². The molecule has 27 heavy (non-hydrogen) atoms. The van der Waals surface area contributed by atoms with Crippen molar-refractivity contribution in [3.05, 3.63) is 94.0 Å². The second-order valence-electron chi connectivity index (χ2n) is 5.82. The van der Waals surface area contributed by atoms with Gasteiger partial charge >= 0.3 is 5.97 Å². The maximum Gasteiger partial charge on any atom is 0.328 e. The van der Waals surface area contributed by atoms with Gasteiger partial charge in [-0.15, -0.1) is 0 Å². The Labute approximate surface area is 167 Å². The summed E-state index contributed by atoms with van der Waals surface area (Å²) >= 11 is 12.0. The number of carboxylic acids is 1. The van der Waals surface area contributed by atoms with Crippen LogP contribution in [0.25, 0.3) is 17.2 Å². The normalized spacial score (nSPS) is 10.9. The molecule has 0 spiro atoms. The number of carbonyl (C=O) groups is 1. The molecule has 0 fully saturated rings. The first-order chi connectivity index (χ1) is 13.0. The van der Waals surface area contributed by atoms with Crippen LogP contribution >= 0.6 is 23.2 Å². The molecule has 0 heterocycles. The summed E-state index contributed by atoms with van der Waals surface area (Å²) in [4.78, 5) is 10.9.